The van der Waals surface area contributed by atoms with Crippen LogP contribution in [0.5, 0.6) is 0 Å². The van der Waals surface area contributed by atoms with E-state index in [0.29, 0.717) is 0 Å². The molecule has 0 heterocycles. The van der Waals surface area contributed by atoms with E-state index in [-0.39, 0.29) is 12.3 Å². The molecule has 0 aromatic rings. The number of carbonyl (C=O) groups is 1. The molecule has 0 unspecified atom stereocenters. The normalized spacial score (nSPS) is 11.3. The Morgan fingerprint density at radius 3 is 1.71 bits per heavy atom. The van der Waals surface area contributed by atoms with Crippen molar-refractivity contribution in [3.63, 3.8) is 0 Å². The Balaban J connectivity index is -0.0000000891. The number of nitrogens with two attached hydrogens (primary N) is 1. The predicted molar refractivity (Wildman–Crippen MR) is 60.4 cm³/mol. The van der Waals surface area contributed by atoms with Gasteiger partial charge in [0.15, 0.2) is 0 Å². The second-order valence-corrected chi connectivity index (χ2v) is 6.95. The van der Waals surface area contributed by atoms with Crippen molar-refractivity contribution in [1.82, 2.24) is 12.3 Å². The second kappa shape index (κ2) is 12.0. The third-order valence-corrected chi connectivity index (χ3v) is 1.31. The van der Waals surface area contributed by atoms with Crippen molar-refractivity contribution in [3.05, 3.63) is 0 Å². The van der Waals surface area contributed by atoms with Gasteiger partial charge in [-0.05, 0) is 13.8 Å². The van der Waals surface area contributed by atoms with Gasteiger partial charge in [0.05, 0.1) is 0 Å². The van der Waals surface area contributed by atoms with Gasteiger partial charge in [-0.2, -0.15) is 12.6 Å². The van der Waals surface area contributed by atoms with Crippen LogP contribution in [0.25, 0.3) is 0 Å². The van der Waals surface area contributed by atoms with Gasteiger partial charge in [0.2, 0.25) is 0 Å². The molecule has 0 rings (SSSR count). The number of aliphatic carboxylic acids is 1. The van der Waals surface area contributed by atoms with Crippen LogP contribution < -0.4 is 18.0 Å². The molecule has 0 amide bonds. The van der Waals surface area contributed by atoms with Crippen LogP contribution in [0.2, 0.25) is 0 Å². The third kappa shape index (κ3) is 15.4. The molecule has 0 saturated carbocycles. The predicted octanol–water partition coefficient (Wildman–Crippen LogP) is 1.81. The summed E-state index contributed by atoms with van der Waals surface area (Å²) < 4.78 is -0.647. The van der Waals surface area contributed by atoms with E-state index >= 15 is 0 Å². The molecule has 0 fully saturated rings. The molecule has 0 spiro atoms. The molecule has 0 aromatic carbocycles. The summed E-state index contributed by atoms with van der Waals surface area (Å²) in [5.74, 6) is -1.02. The molecule has 0 aliphatic heterocycles. The zero-order chi connectivity index (χ0) is 10.4. The van der Waals surface area contributed by atoms with E-state index in [1.165, 1.54) is 0 Å². The fourth-order valence-corrected chi connectivity index (χ4v) is 0.413. The van der Waals surface area contributed by atoms with Crippen molar-refractivity contribution in [3.8, 4) is 0 Å². The Morgan fingerprint density at radius 1 is 1.50 bits per heavy atom. The van der Waals surface area contributed by atoms with Crippen LogP contribution >= 0.6 is 31.5 Å². The summed E-state index contributed by atoms with van der Waals surface area (Å²) in [4.78, 5) is 10.2. The third-order valence-electron chi connectivity index (χ3n) is 1.03. The minimum atomic E-state index is -1.02. The van der Waals surface area contributed by atoms with Crippen LogP contribution in [0.15, 0.2) is 0 Å². The average Bonchev–Trinajstić information content (AvgIpc) is 1.85. The van der Waals surface area contributed by atoms with Gasteiger partial charge in [0, 0.05) is 4.75 Å². The maximum atomic E-state index is 10.2. The molecule has 0 aromatic heterocycles. The number of thiol groups is 1. The summed E-state index contributed by atoms with van der Waals surface area (Å²) in [6.07, 6.45) is 0. The van der Waals surface area contributed by atoms with Gasteiger partial charge < -0.3 is 23.1 Å². The van der Waals surface area contributed by atoms with Crippen LogP contribution in [-0.4, -0.2) is 21.9 Å². The van der Waals surface area contributed by atoms with Crippen molar-refractivity contribution in [2.75, 3.05) is 0 Å². The molecule has 9 heteroatoms. The molecule has 0 bridgehead atoms. The van der Waals surface area contributed by atoms with Crippen LogP contribution in [-0.2, 0) is 21.3 Å². The van der Waals surface area contributed by atoms with Crippen molar-refractivity contribution < 1.29 is 26.4 Å². The zero-order valence-corrected chi connectivity index (χ0v) is 12.6. The Hall–Kier alpha value is 0.968. The van der Waals surface area contributed by atoms with Gasteiger partial charge in [-0.15, -0.1) is 0 Å². The van der Waals surface area contributed by atoms with Crippen molar-refractivity contribution in [1.29, 1.82) is 0 Å². The summed E-state index contributed by atoms with van der Waals surface area (Å²) in [7, 11) is 9.75. The number of halogens is 2. The molecule has 0 aliphatic rings. The maximum absolute atomic E-state index is 10.2. The quantitative estimate of drug-likeness (QED) is 0.410. The first kappa shape index (κ1) is 24.3. The van der Waals surface area contributed by atoms with Crippen LogP contribution in [0.4, 0.5) is 0 Å². The van der Waals surface area contributed by atoms with E-state index in [1.807, 2.05) is 0 Å². The van der Waals surface area contributed by atoms with Gasteiger partial charge in [-0.3, -0.25) is 4.79 Å². The zero-order valence-electron chi connectivity index (χ0n) is 7.94. The van der Waals surface area contributed by atoms with Crippen molar-refractivity contribution in [2.45, 2.75) is 24.6 Å². The molecule has 94 valence electrons. The van der Waals surface area contributed by atoms with E-state index < -0.39 is 33.2 Å². The van der Waals surface area contributed by atoms with Gasteiger partial charge in [-0.1, -0.05) is 0 Å². The standard InChI is InChI=1S/C5H11NO2S.2ClH.2H3N.Pt/c1-5(2,9)3(6)4(7)8;;;;;/h3,9H,6H2,1-2H3,(H,7,8);2*1H;2*1H3;/q;;;;;+2/p-2/t3-;;;;;/m0...../s1. The topological polar surface area (TPSA) is 133 Å². The average molecular weight is 449 g/mol. The van der Waals surface area contributed by atoms with Crippen molar-refractivity contribution in [2.24, 2.45) is 5.73 Å². The number of carboxylic acids is 1. The monoisotopic (exact) mass is 448 g/mol. The number of rotatable bonds is 2. The van der Waals surface area contributed by atoms with E-state index in [1.54, 1.807) is 13.8 Å². The first-order valence-electron chi connectivity index (χ1n) is 2.80. The van der Waals surface area contributed by atoms with Gasteiger partial charge in [0.1, 0.15) is 6.04 Å². The Labute approximate surface area is 106 Å². The Morgan fingerprint density at radius 2 is 1.71 bits per heavy atom. The molecule has 9 N–H and O–H groups in total. The van der Waals surface area contributed by atoms with E-state index in [2.05, 4.69) is 12.6 Å². The fourth-order valence-electron chi connectivity index (χ4n) is 0.302. The summed E-state index contributed by atoms with van der Waals surface area (Å²) in [6, 6.07) is -0.902. The summed E-state index contributed by atoms with van der Waals surface area (Å²) >= 11 is 3.51. The molecular weight excluding hydrogens is 432 g/mol. The second-order valence-electron chi connectivity index (χ2n) is 2.51. The van der Waals surface area contributed by atoms with Crippen LogP contribution in [0.1, 0.15) is 13.8 Å². The van der Waals surface area contributed by atoms with Gasteiger partial charge >= 0.3 is 41.3 Å². The Bertz CT molecular complexity index is 147. The van der Waals surface area contributed by atoms with E-state index in [9.17, 15) is 4.79 Å². The molecular formula is C5H17Cl2N3O2PtS. The number of hydrogen-bond donors (Lipinski definition) is 5. The summed E-state index contributed by atoms with van der Waals surface area (Å²) in [5.41, 5.74) is 5.22. The molecule has 0 aliphatic carbocycles. The first-order chi connectivity index (χ1) is 5.27. The summed E-state index contributed by atoms with van der Waals surface area (Å²) in [5, 5.41) is 8.34. The van der Waals surface area contributed by atoms with Crippen molar-refractivity contribution >= 4 is 37.4 Å². The van der Waals surface area contributed by atoms with E-state index in [0.717, 1.165) is 0 Å². The van der Waals surface area contributed by atoms with Gasteiger partial charge in [0.25, 0.3) is 0 Å². The van der Waals surface area contributed by atoms with Gasteiger partial charge in [-0.25, -0.2) is 0 Å². The number of hydrogen-bond acceptors (Lipinski definition) is 5. The number of carboxylic acid groups (broad SMARTS) is 1. The Kier molecular flexibility index (Phi) is 20.9. The molecule has 5 nitrogen and oxygen atoms in total. The SMILES string of the molecule is CC(C)(S)[C@@H](N)C(=O)O.N.N.[Cl][Pt][Cl]. The molecule has 1 atom stereocenters. The molecule has 14 heavy (non-hydrogen) atoms. The van der Waals surface area contributed by atoms with E-state index in [4.69, 9.17) is 29.7 Å². The molecule has 0 radical (unpaired) electrons. The fraction of sp³-hybridized carbons (Fsp3) is 0.800. The summed E-state index contributed by atoms with van der Waals surface area (Å²) in [6.45, 7) is 3.32. The first-order valence-corrected chi connectivity index (χ1v) is 8.88. The van der Waals surface area contributed by atoms with Crippen LogP contribution in [0, 0.1) is 0 Å². The van der Waals surface area contributed by atoms with Crippen LogP contribution in [0.3, 0.4) is 0 Å². The minimum absolute atomic E-state index is 0. The molecule has 0 saturated heterocycles.